The number of aromatic amines is 3. The van der Waals surface area contributed by atoms with Crippen LogP contribution in [0.15, 0.2) is 23.5 Å². The van der Waals surface area contributed by atoms with E-state index in [1.807, 2.05) is 13.0 Å². The Balaban J connectivity index is 1.33. The van der Waals surface area contributed by atoms with E-state index in [-0.39, 0.29) is 36.6 Å². The Bertz CT molecular complexity index is 2260. The third-order valence-corrected chi connectivity index (χ3v) is 13.0. The van der Waals surface area contributed by atoms with Gasteiger partial charge in [0.05, 0.1) is 12.8 Å². The molecular weight excluding hydrogens is 725 g/mol. The largest absolute Gasteiger partial charge is 0.468 e. The average Bonchev–Trinajstić information content (AvgIpc) is 3.93. The van der Waals surface area contributed by atoms with Crippen LogP contribution in [-0.4, -0.2) is 46.4 Å². The highest BCUT2D eigenvalue weighted by Crippen LogP contribution is 2.48. The number of hydrogen-bond donors (Lipinski definition) is 4. The number of unbranched alkanes of at least 4 members (excludes halogenated alkanes) is 1. The molecule has 58 heavy (non-hydrogen) atoms. The molecule has 0 unspecified atom stereocenters. The lowest BCUT2D eigenvalue weighted by molar-refractivity contribution is -0.143. The SMILES string of the molecule is CCc1c2[nH]c(c1C)/C=C1\N/C(=C3\c4[nH]c(c(C)c4C(=O)[C@@H]3C(=O)OC)/C=c3\[nH]/c(c(C)c3CC)=C\2)[C@@H](CCC(=O)OC/C=C/CCC[C@H](C)CCCC(C)C)[C@@H]1C. The number of esters is 2. The highest BCUT2D eigenvalue weighted by atomic mass is 16.5. The number of hydrogen-bond acceptors (Lipinski definition) is 6. The fourth-order valence-electron chi connectivity index (χ4n) is 9.50. The maximum Gasteiger partial charge on any atom is 0.321 e. The van der Waals surface area contributed by atoms with Crippen molar-refractivity contribution in [3.63, 3.8) is 0 Å². The van der Waals surface area contributed by atoms with E-state index in [2.05, 4.69) is 100.0 Å². The van der Waals surface area contributed by atoms with Crippen LogP contribution in [0.2, 0.25) is 0 Å². The molecule has 6 rings (SSSR count). The molecule has 5 heterocycles. The van der Waals surface area contributed by atoms with Crippen LogP contribution < -0.4 is 16.0 Å². The minimum atomic E-state index is -1.12. The molecule has 312 valence electrons. The zero-order valence-electron chi connectivity index (χ0n) is 36.6. The highest BCUT2D eigenvalue weighted by molar-refractivity contribution is 6.24. The summed E-state index contributed by atoms with van der Waals surface area (Å²) in [6, 6.07) is 0. The number of aromatic nitrogens is 3. The van der Waals surface area contributed by atoms with Gasteiger partial charge in [-0.2, -0.15) is 0 Å². The van der Waals surface area contributed by atoms with E-state index in [0.717, 1.165) is 82.3 Å². The van der Waals surface area contributed by atoms with E-state index in [1.54, 1.807) is 0 Å². The van der Waals surface area contributed by atoms with Crippen LogP contribution in [-0.2, 0) is 31.9 Å². The number of ketones is 1. The van der Waals surface area contributed by atoms with E-state index in [4.69, 9.17) is 9.47 Å². The van der Waals surface area contributed by atoms with Gasteiger partial charge in [-0.3, -0.25) is 14.4 Å². The molecule has 9 nitrogen and oxygen atoms in total. The number of allylic oxidation sites excluding steroid dienone is 3. The molecule has 2 aliphatic heterocycles. The van der Waals surface area contributed by atoms with Gasteiger partial charge >= 0.3 is 11.9 Å². The maximum absolute atomic E-state index is 14.3. The van der Waals surface area contributed by atoms with Crippen LogP contribution in [0.25, 0.3) is 23.8 Å². The van der Waals surface area contributed by atoms with Gasteiger partial charge in [0.15, 0.2) is 5.78 Å². The van der Waals surface area contributed by atoms with Gasteiger partial charge in [0.25, 0.3) is 0 Å². The molecule has 3 aromatic rings. The van der Waals surface area contributed by atoms with Gasteiger partial charge in [0, 0.05) is 68.6 Å². The highest BCUT2D eigenvalue weighted by Gasteiger charge is 2.48. The molecule has 0 aromatic carbocycles. The predicted molar refractivity (Wildman–Crippen MR) is 233 cm³/mol. The first kappa shape index (κ1) is 42.8. The van der Waals surface area contributed by atoms with Crippen LogP contribution in [0.4, 0.5) is 0 Å². The number of ether oxygens (including phenoxy) is 2. The molecule has 0 saturated carbocycles. The Morgan fingerprint density at radius 3 is 2.24 bits per heavy atom. The normalized spacial score (nSPS) is 22.4. The summed E-state index contributed by atoms with van der Waals surface area (Å²) in [7, 11) is 1.33. The van der Waals surface area contributed by atoms with Gasteiger partial charge in [-0.25, -0.2) is 0 Å². The lowest BCUT2D eigenvalue weighted by atomic mass is 9.85. The Morgan fingerprint density at radius 2 is 1.53 bits per heavy atom. The first-order valence-electron chi connectivity index (χ1n) is 21.8. The third kappa shape index (κ3) is 8.64. The number of carbonyl (C=O) groups excluding carboxylic acids is 3. The summed E-state index contributed by atoms with van der Waals surface area (Å²) in [5.74, 6) is -1.02. The standard InChI is InChI=1S/C49H66N4O5/c1-11-33-29(6)36-24-38-31(8)35(21-22-42(54)58-23-16-14-13-15-19-28(5)20-17-18-27(3)4)46(52-38)44-45(49(56)57-10)48(55)43-32(9)39(53-47(43)44)26-41-34(12-2)30(7)37(51-41)25-40(33)50-36/h14,16,24-28,31,35,45,50-53H,11-13,15,17-23H2,1-10H3/b16-14+,37-25-,38-24-,41-26-,46-44-/t28-,31-,35-,45+/m0/s1. The minimum Gasteiger partial charge on any atom is -0.468 e. The number of Topliss-reactive ketones (excluding diaryl/α,β-unsaturated/α-hetero) is 1. The summed E-state index contributed by atoms with van der Waals surface area (Å²) in [5, 5.41) is 5.74. The van der Waals surface area contributed by atoms with Crippen molar-refractivity contribution in [1.29, 1.82) is 0 Å². The van der Waals surface area contributed by atoms with E-state index >= 15 is 0 Å². The minimum absolute atomic E-state index is 0.0571. The van der Waals surface area contributed by atoms with Crippen LogP contribution in [0.1, 0.15) is 154 Å². The summed E-state index contributed by atoms with van der Waals surface area (Å²) in [5.41, 5.74) is 11.9. The molecule has 3 aliphatic rings. The second kappa shape index (κ2) is 18.4. The summed E-state index contributed by atoms with van der Waals surface area (Å²) in [4.78, 5) is 52.2. The van der Waals surface area contributed by atoms with Gasteiger partial charge in [0.2, 0.25) is 0 Å². The van der Waals surface area contributed by atoms with E-state index in [0.29, 0.717) is 23.3 Å². The lowest BCUT2D eigenvalue weighted by Gasteiger charge is -2.19. The smallest absolute Gasteiger partial charge is 0.321 e. The van der Waals surface area contributed by atoms with Gasteiger partial charge in [0.1, 0.15) is 12.5 Å². The van der Waals surface area contributed by atoms with Gasteiger partial charge < -0.3 is 29.7 Å². The molecule has 0 amide bonds. The third-order valence-electron chi connectivity index (χ3n) is 13.0. The molecule has 3 aromatic heterocycles. The molecule has 1 saturated heterocycles. The van der Waals surface area contributed by atoms with Crippen molar-refractivity contribution in [1.82, 2.24) is 20.3 Å². The molecule has 9 heteroatoms. The molecule has 8 bridgehead atoms. The Hall–Kier alpha value is -4.79. The van der Waals surface area contributed by atoms with Crippen molar-refractivity contribution in [2.75, 3.05) is 13.7 Å². The Morgan fingerprint density at radius 1 is 0.828 bits per heavy atom. The summed E-state index contributed by atoms with van der Waals surface area (Å²) in [6.45, 7) is 19.9. The van der Waals surface area contributed by atoms with Crippen molar-refractivity contribution in [2.45, 2.75) is 127 Å². The van der Waals surface area contributed by atoms with Crippen molar-refractivity contribution in [2.24, 2.45) is 29.6 Å². The van der Waals surface area contributed by atoms with Crippen molar-refractivity contribution < 1.29 is 23.9 Å². The fourth-order valence-corrected chi connectivity index (χ4v) is 9.50. The van der Waals surface area contributed by atoms with Gasteiger partial charge in [-0.05, 0) is 111 Å². The van der Waals surface area contributed by atoms with Crippen molar-refractivity contribution >= 4 is 41.5 Å². The number of rotatable bonds is 16. The first-order chi connectivity index (χ1) is 27.8. The first-order valence-corrected chi connectivity index (χ1v) is 21.8. The Labute approximate surface area is 344 Å². The van der Waals surface area contributed by atoms with Crippen molar-refractivity contribution in [3.8, 4) is 0 Å². The molecular formula is C49H66N4O5. The number of carbonyl (C=O) groups is 3. The molecule has 4 N–H and O–H groups in total. The summed E-state index contributed by atoms with van der Waals surface area (Å²) >= 11 is 0. The van der Waals surface area contributed by atoms with E-state index in [1.165, 1.54) is 55.0 Å². The van der Waals surface area contributed by atoms with Gasteiger partial charge in [-0.15, -0.1) is 0 Å². The molecule has 0 spiro atoms. The van der Waals surface area contributed by atoms with E-state index in [9.17, 15) is 14.4 Å². The van der Waals surface area contributed by atoms with Gasteiger partial charge in [-0.1, -0.05) is 79.4 Å². The summed E-state index contributed by atoms with van der Waals surface area (Å²) in [6.07, 6.45) is 20.1. The second-order valence-corrected chi connectivity index (χ2v) is 17.3. The topological polar surface area (TPSA) is 129 Å². The Kier molecular flexibility index (Phi) is 13.6. The summed E-state index contributed by atoms with van der Waals surface area (Å²) < 4.78 is 11.0. The predicted octanol–water partition coefficient (Wildman–Crippen LogP) is 8.80. The number of H-pyrrole nitrogens is 3. The number of methoxy groups -OCH3 is 1. The molecule has 1 aliphatic carbocycles. The van der Waals surface area contributed by atoms with Crippen LogP contribution >= 0.6 is 0 Å². The maximum atomic E-state index is 14.3. The second-order valence-electron chi connectivity index (χ2n) is 17.3. The zero-order valence-corrected chi connectivity index (χ0v) is 36.6. The monoisotopic (exact) mass is 791 g/mol. The number of fused-ring (bicyclic) bond motifs is 7. The van der Waals surface area contributed by atoms with Crippen LogP contribution in [0, 0.1) is 50.4 Å². The lowest BCUT2D eigenvalue weighted by Crippen LogP contribution is -2.25. The fraction of sp³-hybridized carbons (Fsp3) is 0.531. The number of nitrogens with one attached hydrogen (secondary N) is 4. The van der Waals surface area contributed by atoms with E-state index < -0.39 is 11.9 Å². The average molecular weight is 791 g/mol. The zero-order chi connectivity index (χ0) is 41.8. The quantitative estimate of drug-likeness (QED) is 0.0497. The molecule has 0 radical (unpaired) electrons. The van der Waals surface area contributed by atoms with Crippen LogP contribution in [0.5, 0.6) is 0 Å². The molecule has 4 atom stereocenters. The molecule has 1 fully saturated rings. The van der Waals surface area contributed by atoms with Crippen molar-refractivity contribution in [3.05, 3.63) is 90.4 Å². The van der Waals surface area contributed by atoms with Crippen LogP contribution in [0.3, 0.4) is 0 Å².